The van der Waals surface area contributed by atoms with Gasteiger partial charge in [0.15, 0.2) is 0 Å². The molecule has 0 spiro atoms. The minimum absolute atomic E-state index is 0.484. The Hall–Kier alpha value is -0.740. The Bertz CT molecular complexity index is 188. The zero-order valence-electron chi connectivity index (χ0n) is 8.46. The molecule has 4 nitrogen and oxygen atoms in total. The molecule has 4 heteroatoms. The molecule has 1 aliphatic rings. The molecular formula is C9H20N4. The summed E-state index contributed by atoms with van der Waals surface area (Å²) < 4.78 is 0. The summed E-state index contributed by atoms with van der Waals surface area (Å²) in [6, 6.07) is 0.613. The summed E-state index contributed by atoms with van der Waals surface area (Å²) >= 11 is 0. The second kappa shape index (κ2) is 4.48. The lowest BCUT2D eigenvalue weighted by Crippen LogP contribution is -2.32. The topological polar surface area (TPSA) is 67.3 Å². The molecular weight excluding hydrogens is 164 g/mol. The molecule has 13 heavy (non-hydrogen) atoms. The first-order valence-corrected chi connectivity index (χ1v) is 4.81. The number of likely N-dealkylation sites (tertiary alicyclic amines) is 1. The van der Waals surface area contributed by atoms with Crippen molar-refractivity contribution in [2.75, 3.05) is 13.1 Å². The van der Waals surface area contributed by atoms with Crippen LogP contribution in [0.15, 0.2) is 11.9 Å². The van der Waals surface area contributed by atoms with Gasteiger partial charge in [-0.15, -0.1) is 0 Å². The van der Waals surface area contributed by atoms with E-state index in [1.165, 1.54) is 0 Å². The number of hydrogen-bond acceptors (Lipinski definition) is 4. The van der Waals surface area contributed by atoms with Crippen LogP contribution in [0.4, 0.5) is 0 Å². The molecule has 76 valence electrons. The van der Waals surface area contributed by atoms with Gasteiger partial charge in [-0.1, -0.05) is 0 Å². The Labute approximate surface area is 79.9 Å². The maximum Gasteiger partial charge on any atom is 0.0457 e. The second-order valence-corrected chi connectivity index (χ2v) is 3.84. The van der Waals surface area contributed by atoms with Gasteiger partial charge in [0.1, 0.15) is 0 Å². The molecule has 1 saturated heterocycles. The Morgan fingerprint density at radius 2 is 2.31 bits per heavy atom. The first-order chi connectivity index (χ1) is 6.19. The van der Waals surface area contributed by atoms with Crippen LogP contribution in [0.25, 0.3) is 0 Å². The minimum atomic E-state index is 0.484. The zero-order valence-corrected chi connectivity index (χ0v) is 8.46. The quantitative estimate of drug-likeness (QED) is 0.426. The fourth-order valence-corrected chi connectivity index (χ4v) is 1.81. The maximum absolute atomic E-state index is 5.46. The van der Waals surface area contributed by atoms with Crippen LogP contribution in [0.5, 0.6) is 0 Å². The predicted molar refractivity (Wildman–Crippen MR) is 54.4 cm³/mol. The molecule has 0 amide bonds. The summed E-state index contributed by atoms with van der Waals surface area (Å²) in [7, 11) is 0. The van der Waals surface area contributed by atoms with E-state index >= 15 is 0 Å². The maximum atomic E-state index is 5.46. The van der Waals surface area contributed by atoms with E-state index in [9.17, 15) is 0 Å². The van der Waals surface area contributed by atoms with Gasteiger partial charge >= 0.3 is 0 Å². The summed E-state index contributed by atoms with van der Waals surface area (Å²) in [6.07, 6.45) is 2.72. The van der Waals surface area contributed by atoms with Crippen LogP contribution < -0.4 is 17.0 Å². The first kappa shape index (κ1) is 10.3. The van der Waals surface area contributed by atoms with Crippen LogP contribution in [0.1, 0.15) is 20.3 Å². The first-order valence-electron chi connectivity index (χ1n) is 4.81. The third kappa shape index (κ3) is 2.35. The molecule has 5 N–H and O–H groups in total. The normalized spacial score (nSPS) is 25.5. The highest BCUT2D eigenvalue weighted by molar-refractivity contribution is 5.05. The number of nitrogens with zero attached hydrogens (tertiary/aromatic N) is 1. The SMILES string of the molecule is CC(C)N1CCC(/C(=C/N)NN)C1. The molecule has 1 heterocycles. The van der Waals surface area contributed by atoms with E-state index in [-0.39, 0.29) is 0 Å². The molecule has 0 saturated carbocycles. The van der Waals surface area contributed by atoms with E-state index in [1.54, 1.807) is 6.20 Å². The molecule has 1 aliphatic heterocycles. The Balaban J connectivity index is 2.49. The van der Waals surface area contributed by atoms with E-state index in [0.29, 0.717) is 12.0 Å². The Morgan fingerprint density at radius 1 is 1.62 bits per heavy atom. The third-order valence-electron chi connectivity index (χ3n) is 2.74. The fraction of sp³-hybridized carbons (Fsp3) is 0.778. The molecule has 0 radical (unpaired) electrons. The van der Waals surface area contributed by atoms with E-state index < -0.39 is 0 Å². The van der Waals surface area contributed by atoms with Crippen LogP contribution in [-0.4, -0.2) is 24.0 Å². The van der Waals surface area contributed by atoms with Gasteiger partial charge in [-0.3, -0.25) is 5.84 Å². The number of nitrogens with two attached hydrogens (primary N) is 2. The Morgan fingerprint density at radius 3 is 2.69 bits per heavy atom. The molecule has 1 unspecified atom stereocenters. The largest absolute Gasteiger partial charge is 0.403 e. The molecule has 0 bridgehead atoms. The summed E-state index contributed by atoms with van der Waals surface area (Å²) in [5.41, 5.74) is 9.09. The average Bonchev–Trinajstić information content (AvgIpc) is 2.56. The molecule has 1 fully saturated rings. The Kier molecular flexibility index (Phi) is 3.57. The van der Waals surface area contributed by atoms with Crippen molar-refractivity contribution in [3.8, 4) is 0 Å². The molecule has 1 rings (SSSR count). The monoisotopic (exact) mass is 184 g/mol. The lowest BCUT2D eigenvalue weighted by atomic mass is 10.1. The average molecular weight is 184 g/mol. The van der Waals surface area contributed by atoms with E-state index in [4.69, 9.17) is 11.6 Å². The van der Waals surface area contributed by atoms with Crippen LogP contribution >= 0.6 is 0 Å². The van der Waals surface area contributed by atoms with Crippen molar-refractivity contribution >= 4 is 0 Å². The van der Waals surface area contributed by atoms with Crippen LogP contribution in [-0.2, 0) is 0 Å². The number of hydrazine groups is 1. The van der Waals surface area contributed by atoms with Gasteiger partial charge < -0.3 is 16.1 Å². The highest BCUT2D eigenvalue weighted by Gasteiger charge is 2.26. The van der Waals surface area contributed by atoms with Crippen LogP contribution in [0.2, 0.25) is 0 Å². The number of hydrogen-bond donors (Lipinski definition) is 3. The van der Waals surface area contributed by atoms with Crippen LogP contribution in [0, 0.1) is 5.92 Å². The molecule has 0 aromatic heterocycles. The van der Waals surface area contributed by atoms with Gasteiger partial charge in [-0.05, 0) is 26.8 Å². The molecule has 0 aliphatic carbocycles. The van der Waals surface area contributed by atoms with E-state index in [2.05, 4.69) is 24.2 Å². The smallest absolute Gasteiger partial charge is 0.0457 e. The second-order valence-electron chi connectivity index (χ2n) is 3.84. The summed E-state index contributed by atoms with van der Waals surface area (Å²) in [6.45, 7) is 6.63. The minimum Gasteiger partial charge on any atom is -0.403 e. The van der Waals surface area contributed by atoms with Gasteiger partial charge in [0.25, 0.3) is 0 Å². The number of rotatable bonds is 3. The summed E-state index contributed by atoms with van der Waals surface area (Å²) in [4.78, 5) is 2.44. The fourth-order valence-electron chi connectivity index (χ4n) is 1.81. The standard InChI is InChI=1S/C9H20N4/c1-7(2)13-4-3-8(6-13)9(5-10)12-11/h5,7-8,12H,3-4,6,10-11H2,1-2H3/b9-5-. The van der Waals surface area contributed by atoms with Crippen molar-refractivity contribution in [2.24, 2.45) is 17.5 Å². The lowest BCUT2D eigenvalue weighted by molar-refractivity contribution is 0.268. The highest BCUT2D eigenvalue weighted by atomic mass is 15.2. The zero-order chi connectivity index (χ0) is 9.84. The third-order valence-corrected chi connectivity index (χ3v) is 2.74. The van der Waals surface area contributed by atoms with E-state index in [0.717, 1.165) is 25.2 Å². The van der Waals surface area contributed by atoms with Crippen molar-refractivity contribution in [3.05, 3.63) is 11.9 Å². The van der Waals surface area contributed by atoms with Crippen molar-refractivity contribution < 1.29 is 0 Å². The van der Waals surface area contributed by atoms with Gasteiger partial charge in [0.2, 0.25) is 0 Å². The van der Waals surface area contributed by atoms with Crippen LogP contribution in [0.3, 0.4) is 0 Å². The van der Waals surface area contributed by atoms with Gasteiger partial charge in [0.05, 0.1) is 0 Å². The van der Waals surface area contributed by atoms with Gasteiger partial charge in [-0.25, -0.2) is 0 Å². The summed E-state index contributed by atoms with van der Waals surface area (Å²) in [5, 5.41) is 0. The lowest BCUT2D eigenvalue weighted by Gasteiger charge is -2.20. The molecule has 1 atom stereocenters. The van der Waals surface area contributed by atoms with Crippen molar-refractivity contribution in [2.45, 2.75) is 26.3 Å². The van der Waals surface area contributed by atoms with Gasteiger partial charge in [-0.2, -0.15) is 0 Å². The van der Waals surface area contributed by atoms with E-state index in [1.807, 2.05) is 0 Å². The predicted octanol–water partition coefficient (Wildman–Crippen LogP) is -0.0199. The van der Waals surface area contributed by atoms with Gasteiger partial charge in [0, 0.05) is 30.4 Å². The highest BCUT2D eigenvalue weighted by Crippen LogP contribution is 2.22. The number of nitrogens with one attached hydrogen (secondary N) is 1. The molecule has 0 aromatic rings. The van der Waals surface area contributed by atoms with Crippen molar-refractivity contribution in [1.82, 2.24) is 10.3 Å². The van der Waals surface area contributed by atoms with Crippen molar-refractivity contribution in [1.29, 1.82) is 0 Å². The van der Waals surface area contributed by atoms with Crippen molar-refractivity contribution in [3.63, 3.8) is 0 Å². The summed E-state index contributed by atoms with van der Waals surface area (Å²) in [5.74, 6) is 5.85. The molecule has 0 aromatic carbocycles.